The molecule has 0 fully saturated rings. The molecule has 0 heterocycles. The summed E-state index contributed by atoms with van der Waals surface area (Å²) in [4.78, 5) is 0. The summed E-state index contributed by atoms with van der Waals surface area (Å²) < 4.78 is 24.9. The van der Waals surface area contributed by atoms with Crippen LogP contribution in [0.25, 0.3) is 0 Å². The molecule has 3 nitrogen and oxygen atoms in total. The van der Waals surface area contributed by atoms with Gasteiger partial charge in [-0.25, -0.2) is 4.39 Å². The predicted molar refractivity (Wildman–Crippen MR) is 81.0 cm³/mol. The van der Waals surface area contributed by atoms with Gasteiger partial charge in [-0.3, -0.25) is 0 Å². The number of rotatable bonds is 5. The molecule has 2 aromatic rings. The van der Waals surface area contributed by atoms with Crippen molar-refractivity contribution in [1.29, 1.82) is 0 Å². The van der Waals surface area contributed by atoms with Crippen molar-refractivity contribution in [3.8, 4) is 11.5 Å². The van der Waals surface area contributed by atoms with Crippen molar-refractivity contribution in [2.24, 2.45) is 0 Å². The van der Waals surface area contributed by atoms with E-state index in [9.17, 15) is 4.39 Å². The lowest BCUT2D eigenvalue weighted by Crippen LogP contribution is -2.02. The summed E-state index contributed by atoms with van der Waals surface area (Å²) in [5.41, 5.74) is 1.43. The Balaban J connectivity index is 2.12. The molecule has 0 aliphatic carbocycles. The smallest absolute Gasteiger partial charge is 0.162 e. The third kappa shape index (κ3) is 3.42. The Labute approximate surface area is 125 Å². The fourth-order valence-corrected chi connectivity index (χ4v) is 2.23. The molecule has 0 aliphatic rings. The number of benzene rings is 2. The molecule has 0 radical (unpaired) electrons. The van der Waals surface area contributed by atoms with E-state index in [0.29, 0.717) is 23.6 Å². The van der Waals surface area contributed by atoms with Gasteiger partial charge in [0.15, 0.2) is 11.5 Å². The van der Waals surface area contributed by atoms with Gasteiger partial charge >= 0.3 is 0 Å². The topological polar surface area (TPSA) is 30.5 Å². The molecule has 5 heteroatoms. The molecular formula is C15H15BrFNO2. The molecule has 0 unspecified atom stereocenters. The highest BCUT2D eigenvalue weighted by Gasteiger charge is 2.06. The third-order valence-electron chi connectivity index (χ3n) is 2.87. The quantitative estimate of drug-likeness (QED) is 0.884. The molecule has 0 aliphatic heterocycles. The minimum atomic E-state index is -0.235. The first-order valence-electron chi connectivity index (χ1n) is 6.04. The second-order valence-corrected chi connectivity index (χ2v) is 5.07. The van der Waals surface area contributed by atoms with Crippen LogP contribution < -0.4 is 14.8 Å². The van der Waals surface area contributed by atoms with Crippen molar-refractivity contribution < 1.29 is 13.9 Å². The zero-order chi connectivity index (χ0) is 14.5. The molecule has 0 spiro atoms. The summed E-state index contributed by atoms with van der Waals surface area (Å²) in [7, 11) is 3.16. The van der Waals surface area contributed by atoms with E-state index in [4.69, 9.17) is 9.47 Å². The summed E-state index contributed by atoms with van der Waals surface area (Å²) in [5.74, 6) is 1.06. The minimum Gasteiger partial charge on any atom is -0.493 e. The Hall–Kier alpha value is -1.75. The average molecular weight is 340 g/mol. The van der Waals surface area contributed by atoms with Gasteiger partial charge in [-0.15, -0.1) is 0 Å². The average Bonchev–Trinajstić information content (AvgIpc) is 2.47. The zero-order valence-corrected chi connectivity index (χ0v) is 12.8. The van der Waals surface area contributed by atoms with E-state index in [-0.39, 0.29) is 5.82 Å². The Morgan fingerprint density at radius 3 is 2.50 bits per heavy atom. The summed E-state index contributed by atoms with van der Waals surface area (Å²) in [6.45, 7) is 0.390. The van der Waals surface area contributed by atoms with Crippen LogP contribution in [0.1, 0.15) is 5.56 Å². The molecule has 0 atom stereocenters. The van der Waals surface area contributed by atoms with Crippen LogP contribution in [-0.2, 0) is 6.54 Å². The van der Waals surface area contributed by atoms with Gasteiger partial charge in [0, 0.05) is 28.3 Å². The van der Waals surface area contributed by atoms with Crippen LogP contribution in [0.5, 0.6) is 11.5 Å². The number of anilines is 1. The molecule has 0 aromatic heterocycles. The predicted octanol–water partition coefficient (Wildman–Crippen LogP) is 4.22. The Morgan fingerprint density at radius 2 is 1.80 bits per heavy atom. The minimum absolute atomic E-state index is 0.235. The molecule has 20 heavy (non-hydrogen) atoms. The molecular weight excluding hydrogens is 325 g/mol. The van der Waals surface area contributed by atoms with Gasteiger partial charge in [0.25, 0.3) is 0 Å². The van der Waals surface area contributed by atoms with Gasteiger partial charge in [-0.2, -0.15) is 0 Å². The third-order valence-corrected chi connectivity index (χ3v) is 3.37. The summed E-state index contributed by atoms with van der Waals surface area (Å²) in [5, 5.41) is 3.16. The second kappa shape index (κ2) is 6.61. The van der Waals surface area contributed by atoms with E-state index >= 15 is 0 Å². The largest absolute Gasteiger partial charge is 0.493 e. The molecule has 1 N–H and O–H groups in total. The highest BCUT2D eigenvalue weighted by atomic mass is 79.9. The van der Waals surface area contributed by atoms with Crippen LogP contribution in [0.2, 0.25) is 0 Å². The van der Waals surface area contributed by atoms with Crippen LogP contribution in [0, 0.1) is 5.82 Å². The lowest BCUT2D eigenvalue weighted by molar-refractivity contribution is 0.355. The van der Waals surface area contributed by atoms with E-state index in [0.717, 1.165) is 10.2 Å². The van der Waals surface area contributed by atoms with Crippen LogP contribution in [0.15, 0.2) is 40.9 Å². The van der Waals surface area contributed by atoms with E-state index < -0.39 is 0 Å². The lowest BCUT2D eigenvalue weighted by Gasteiger charge is -2.12. The number of ether oxygens (including phenoxy) is 2. The van der Waals surface area contributed by atoms with Crippen molar-refractivity contribution in [3.63, 3.8) is 0 Å². The molecule has 0 saturated carbocycles. The molecule has 2 aromatic carbocycles. The Kier molecular flexibility index (Phi) is 4.84. The van der Waals surface area contributed by atoms with Gasteiger partial charge in [0.1, 0.15) is 5.82 Å². The first kappa shape index (κ1) is 14.7. The van der Waals surface area contributed by atoms with Gasteiger partial charge in [0.2, 0.25) is 0 Å². The second-order valence-electron chi connectivity index (χ2n) is 4.16. The number of nitrogens with one attached hydrogen (secondary N) is 1. The van der Waals surface area contributed by atoms with Gasteiger partial charge in [-0.1, -0.05) is 15.9 Å². The number of hydrogen-bond acceptors (Lipinski definition) is 3. The van der Waals surface area contributed by atoms with Crippen molar-refractivity contribution in [2.75, 3.05) is 19.5 Å². The molecule has 0 saturated heterocycles. The van der Waals surface area contributed by atoms with Crippen molar-refractivity contribution in [2.45, 2.75) is 6.54 Å². The highest BCUT2D eigenvalue weighted by Crippen LogP contribution is 2.30. The molecule has 0 bridgehead atoms. The van der Waals surface area contributed by atoms with Crippen LogP contribution in [0.3, 0.4) is 0 Å². The first-order chi connectivity index (χ1) is 9.63. The fourth-order valence-electron chi connectivity index (χ4n) is 1.82. The maximum Gasteiger partial charge on any atom is 0.162 e. The molecule has 106 valence electrons. The van der Waals surface area contributed by atoms with Crippen molar-refractivity contribution in [1.82, 2.24) is 0 Å². The van der Waals surface area contributed by atoms with Gasteiger partial charge in [0.05, 0.1) is 14.2 Å². The van der Waals surface area contributed by atoms with Crippen molar-refractivity contribution >= 4 is 21.6 Å². The van der Waals surface area contributed by atoms with E-state index in [2.05, 4.69) is 21.2 Å². The Morgan fingerprint density at radius 1 is 1.05 bits per heavy atom. The monoisotopic (exact) mass is 339 g/mol. The van der Waals surface area contributed by atoms with E-state index in [1.807, 2.05) is 12.1 Å². The summed E-state index contributed by atoms with van der Waals surface area (Å²) in [6, 6.07) is 10.3. The van der Waals surface area contributed by atoms with Gasteiger partial charge in [-0.05, 0) is 30.3 Å². The van der Waals surface area contributed by atoms with Crippen LogP contribution in [-0.4, -0.2) is 14.2 Å². The normalized spacial score (nSPS) is 10.2. The number of hydrogen-bond donors (Lipinski definition) is 1. The summed E-state index contributed by atoms with van der Waals surface area (Å²) in [6.07, 6.45) is 0. The van der Waals surface area contributed by atoms with E-state index in [1.54, 1.807) is 32.4 Å². The van der Waals surface area contributed by atoms with Crippen molar-refractivity contribution in [3.05, 3.63) is 52.3 Å². The fraction of sp³-hybridized carbons (Fsp3) is 0.200. The molecule has 2 rings (SSSR count). The summed E-state index contributed by atoms with van der Waals surface area (Å²) >= 11 is 3.33. The van der Waals surface area contributed by atoms with Crippen LogP contribution in [0.4, 0.5) is 10.1 Å². The lowest BCUT2D eigenvalue weighted by atomic mass is 10.2. The van der Waals surface area contributed by atoms with Crippen LogP contribution >= 0.6 is 15.9 Å². The first-order valence-corrected chi connectivity index (χ1v) is 6.83. The maximum absolute atomic E-state index is 13.6. The molecule has 0 amide bonds. The van der Waals surface area contributed by atoms with Gasteiger partial charge < -0.3 is 14.8 Å². The SMILES string of the molecule is COc1ccc(NCc2cc(Br)ccc2F)cc1OC. The standard InChI is InChI=1S/C15H15BrFNO2/c1-19-14-6-4-12(8-15(14)20-2)18-9-10-7-11(16)3-5-13(10)17/h3-8,18H,9H2,1-2H3. The van der Waals surface area contributed by atoms with E-state index in [1.165, 1.54) is 6.07 Å². The highest BCUT2D eigenvalue weighted by molar-refractivity contribution is 9.10. The zero-order valence-electron chi connectivity index (χ0n) is 11.2. The number of halogens is 2. The maximum atomic E-state index is 13.6. The number of methoxy groups -OCH3 is 2. The Bertz CT molecular complexity index is 604.